The summed E-state index contributed by atoms with van der Waals surface area (Å²) in [5.41, 5.74) is 2.50. The lowest BCUT2D eigenvalue weighted by Gasteiger charge is -2.26. The number of carbonyl (C=O) groups is 1. The van der Waals surface area contributed by atoms with Gasteiger partial charge < -0.3 is 14.5 Å². The van der Waals surface area contributed by atoms with Crippen LogP contribution in [0.4, 0.5) is 5.82 Å². The Kier molecular flexibility index (Phi) is 4.12. The quantitative estimate of drug-likeness (QED) is 0.829. The van der Waals surface area contributed by atoms with Crippen LogP contribution in [-0.4, -0.2) is 66.2 Å². The van der Waals surface area contributed by atoms with E-state index < -0.39 is 0 Å². The average Bonchev–Trinajstić information content (AvgIpc) is 2.53. The molecule has 0 atom stereocenters. The number of aromatic nitrogens is 3. The van der Waals surface area contributed by atoms with E-state index in [4.69, 9.17) is 4.74 Å². The molecule has 122 valence electrons. The van der Waals surface area contributed by atoms with Crippen molar-refractivity contribution in [1.82, 2.24) is 19.9 Å². The molecule has 1 aliphatic heterocycles. The van der Waals surface area contributed by atoms with Crippen LogP contribution in [0.2, 0.25) is 0 Å². The molecule has 1 aliphatic rings. The second-order valence-electron chi connectivity index (χ2n) is 5.95. The van der Waals surface area contributed by atoms with Gasteiger partial charge in [-0.25, -0.2) is 15.0 Å². The first-order chi connectivity index (χ1) is 11.0. The Balaban J connectivity index is 2.13. The van der Waals surface area contributed by atoms with E-state index in [1.807, 2.05) is 38.9 Å². The second kappa shape index (κ2) is 6.08. The Morgan fingerprint density at radius 1 is 1.17 bits per heavy atom. The first-order valence-electron chi connectivity index (χ1n) is 7.67. The van der Waals surface area contributed by atoms with Gasteiger partial charge in [-0.15, -0.1) is 0 Å². The van der Waals surface area contributed by atoms with E-state index in [-0.39, 0.29) is 11.7 Å². The van der Waals surface area contributed by atoms with Gasteiger partial charge >= 0.3 is 0 Å². The molecule has 23 heavy (non-hydrogen) atoms. The Labute approximate surface area is 135 Å². The monoisotopic (exact) mass is 315 g/mol. The van der Waals surface area contributed by atoms with Crippen molar-refractivity contribution in [2.75, 3.05) is 45.3 Å². The van der Waals surface area contributed by atoms with Gasteiger partial charge in [-0.1, -0.05) is 0 Å². The van der Waals surface area contributed by atoms with Gasteiger partial charge in [-0.2, -0.15) is 0 Å². The molecule has 1 amide bonds. The van der Waals surface area contributed by atoms with E-state index in [1.165, 1.54) is 0 Å². The van der Waals surface area contributed by atoms with Gasteiger partial charge in [0, 0.05) is 32.9 Å². The molecule has 7 heteroatoms. The third-order valence-electron chi connectivity index (χ3n) is 3.89. The van der Waals surface area contributed by atoms with Crippen LogP contribution in [-0.2, 0) is 4.74 Å². The zero-order chi connectivity index (χ0) is 16.6. The maximum atomic E-state index is 12.7. The maximum absolute atomic E-state index is 12.7. The van der Waals surface area contributed by atoms with E-state index >= 15 is 0 Å². The van der Waals surface area contributed by atoms with Gasteiger partial charge in [0.15, 0.2) is 5.65 Å². The lowest BCUT2D eigenvalue weighted by molar-refractivity contribution is 0.0295. The number of pyridine rings is 1. The number of rotatable bonds is 2. The summed E-state index contributed by atoms with van der Waals surface area (Å²) in [6.45, 7) is 6.17. The number of anilines is 1. The summed E-state index contributed by atoms with van der Waals surface area (Å²) < 4.78 is 5.29. The summed E-state index contributed by atoms with van der Waals surface area (Å²) in [5.74, 6) is 0.747. The standard InChI is InChI=1S/C16H21N5O2/c1-10-9-11(2)17-13-12(10)15(20(3)4)19-14(18-13)16(22)21-5-7-23-8-6-21/h9H,5-8H2,1-4H3. The van der Waals surface area contributed by atoms with Crippen molar-refractivity contribution < 1.29 is 9.53 Å². The van der Waals surface area contributed by atoms with Crippen LogP contribution in [0, 0.1) is 13.8 Å². The van der Waals surface area contributed by atoms with Gasteiger partial charge in [0.25, 0.3) is 5.91 Å². The van der Waals surface area contributed by atoms with Crippen molar-refractivity contribution >= 4 is 22.8 Å². The number of aryl methyl sites for hydroxylation is 2. The normalized spacial score (nSPS) is 15.0. The van der Waals surface area contributed by atoms with E-state index in [2.05, 4.69) is 15.0 Å². The molecule has 0 radical (unpaired) electrons. The molecule has 0 N–H and O–H groups in total. The van der Waals surface area contributed by atoms with Crippen LogP contribution >= 0.6 is 0 Å². The van der Waals surface area contributed by atoms with E-state index in [0.717, 1.165) is 22.5 Å². The number of ether oxygens (including phenoxy) is 1. The van der Waals surface area contributed by atoms with Gasteiger partial charge in [-0.05, 0) is 25.5 Å². The number of amides is 1. The third-order valence-corrected chi connectivity index (χ3v) is 3.89. The first-order valence-corrected chi connectivity index (χ1v) is 7.67. The molecule has 1 saturated heterocycles. The van der Waals surface area contributed by atoms with Gasteiger partial charge in [0.1, 0.15) is 5.82 Å². The number of hydrogen-bond donors (Lipinski definition) is 0. The summed E-state index contributed by atoms with van der Waals surface area (Å²) in [6, 6.07) is 2.00. The number of nitrogens with zero attached hydrogens (tertiary/aromatic N) is 5. The number of morpholine rings is 1. The Hall–Kier alpha value is -2.28. The number of hydrogen-bond acceptors (Lipinski definition) is 6. The highest BCUT2D eigenvalue weighted by Crippen LogP contribution is 2.25. The van der Waals surface area contributed by atoms with Crippen LogP contribution in [0.5, 0.6) is 0 Å². The lowest BCUT2D eigenvalue weighted by Crippen LogP contribution is -2.41. The average molecular weight is 315 g/mol. The highest BCUT2D eigenvalue weighted by atomic mass is 16.5. The number of carbonyl (C=O) groups excluding carboxylic acids is 1. The van der Waals surface area contributed by atoms with E-state index in [0.29, 0.717) is 32.0 Å². The molecule has 0 spiro atoms. The van der Waals surface area contributed by atoms with Crippen molar-refractivity contribution in [3.05, 3.63) is 23.1 Å². The maximum Gasteiger partial charge on any atom is 0.291 e. The molecule has 1 fully saturated rings. The molecule has 3 rings (SSSR count). The number of fused-ring (bicyclic) bond motifs is 1. The minimum Gasteiger partial charge on any atom is -0.378 e. The van der Waals surface area contributed by atoms with Crippen molar-refractivity contribution in [1.29, 1.82) is 0 Å². The summed E-state index contributed by atoms with van der Waals surface area (Å²) in [6.07, 6.45) is 0. The Bertz CT molecular complexity index is 754. The third kappa shape index (κ3) is 2.96. The zero-order valence-corrected chi connectivity index (χ0v) is 14.0. The SMILES string of the molecule is Cc1cc(C)c2c(N(C)C)nc(C(=O)N3CCOCC3)nc2n1. The predicted molar refractivity (Wildman–Crippen MR) is 87.9 cm³/mol. The molecule has 2 aromatic heterocycles. The van der Waals surface area contributed by atoms with Crippen molar-refractivity contribution in [3.8, 4) is 0 Å². The molecule has 0 unspecified atom stereocenters. The smallest absolute Gasteiger partial charge is 0.291 e. The van der Waals surface area contributed by atoms with Gasteiger partial charge in [-0.3, -0.25) is 4.79 Å². The molecule has 0 aliphatic carbocycles. The summed E-state index contributed by atoms with van der Waals surface area (Å²) in [5, 5.41) is 0.888. The van der Waals surface area contributed by atoms with Crippen LogP contribution in [0.15, 0.2) is 6.07 Å². The Morgan fingerprint density at radius 2 is 1.87 bits per heavy atom. The minimum atomic E-state index is -0.167. The molecule has 0 bridgehead atoms. The first kappa shape index (κ1) is 15.6. The van der Waals surface area contributed by atoms with E-state index in [9.17, 15) is 4.79 Å². The molecule has 7 nitrogen and oxygen atoms in total. The molecule has 0 saturated carbocycles. The van der Waals surface area contributed by atoms with Crippen molar-refractivity contribution in [3.63, 3.8) is 0 Å². The van der Waals surface area contributed by atoms with E-state index in [1.54, 1.807) is 4.90 Å². The topological polar surface area (TPSA) is 71.5 Å². The highest BCUT2D eigenvalue weighted by Gasteiger charge is 2.23. The summed E-state index contributed by atoms with van der Waals surface area (Å²) >= 11 is 0. The summed E-state index contributed by atoms with van der Waals surface area (Å²) in [7, 11) is 3.81. The minimum absolute atomic E-state index is 0.167. The molecule has 2 aromatic rings. The highest BCUT2D eigenvalue weighted by molar-refractivity contribution is 5.96. The fraction of sp³-hybridized carbons (Fsp3) is 0.500. The van der Waals surface area contributed by atoms with Crippen LogP contribution in [0.3, 0.4) is 0 Å². The fourth-order valence-corrected chi connectivity index (χ4v) is 2.78. The Morgan fingerprint density at radius 3 is 2.52 bits per heavy atom. The van der Waals surface area contributed by atoms with Crippen LogP contribution in [0.1, 0.15) is 21.9 Å². The molecule has 0 aromatic carbocycles. The summed E-state index contributed by atoms with van der Waals surface area (Å²) in [4.78, 5) is 29.7. The van der Waals surface area contributed by atoms with Crippen LogP contribution < -0.4 is 4.90 Å². The molecular formula is C16H21N5O2. The second-order valence-corrected chi connectivity index (χ2v) is 5.95. The van der Waals surface area contributed by atoms with Gasteiger partial charge in [0.2, 0.25) is 5.82 Å². The lowest BCUT2D eigenvalue weighted by atomic mass is 10.1. The zero-order valence-electron chi connectivity index (χ0n) is 14.0. The van der Waals surface area contributed by atoms with Crippen molar-refractivity contribution in [2.45, 2.75) is 13.8 Å². The largest absolute Gasteiger partial charge is 0.378 e. The molecule has 3 heterocycles. The van der Waals surface area contributed by atoms with Crippen LogP contribution in [0.25, 0.3) is 11.0 Å². The fourth-order valence-electron chi connectivity index (χ4n) is 2.78. The van der Waals surface area contributed by atoms with Gasteiger partial charge in [0.05, 0.1) is 18.6 Å². The molecular weight excluding hydrogens is 294 g/mol. The predicted octanol–water partition coefficient (Wildman–Crippen LogP) is 1.18. The van der Waals surface area contributed by atoms with Crippen molar-refractivity contribution in [2.24, 2.45) is 0 Å².